The summed E-state index contributed by atoms with van der Waals surface area (Å²) in [5.41, 5.74) is 0. The topological polar surface area (TPSA) is 85.2 Å². The second-order valence-corrected chi connectivity index (χ2v) is 3.05. The third kappa shape index (κ3) is 3.60. The van der Waals surface area contributed by atoms with Crippen molar-refractivity contribution < 1.29 is 14.3 Å². The predicted octanol–water partition coefficient (Wildman–Crippen LogP) is 0.105. The maximum Gasteiger partial charge on any atom is 0.320 e. The van der Waals surface area contributed by atoms with Crippen LogP contribution in [0.1, 0.15) is 6.42 Å². The quantitative estimate of drug-likeness (QED) is 0.713. The molecular formula is C9H14N4O3. The fourth-order valence-electron chi connectivity index (χ4n) is 1.04. The molecule has 0 aliphatic rings. The second kappa shape index (κ2) is 5.74. The average Bonchev–Trinajstić information content (AvgIpc) is 2.64. The number of ether oxygens (including phenoxy) is 1. The van der Waals surface area contributed by atoms with Crippen LogP contribution >= 0.6 is 0 Å². The third-order valence-corrected chi connectivity index (χ3v) is 1.90. The SMILES string of the molecule is COC(=O)CCNC(=O)Nc1ccnn1C. The van der Waals surface area contributed by atoms with Gasteiger partial charge in [0, 0.05) is 19.7 Å². The minimum absolute atomic E-state index is 0.148. The molecular weight excluding hydrogens is 212 g/mol. The van der Waals surface area contributed by atoms with E-state index in [9.17, 15) is 9.59 Å². The summed E-state index contributed by atoms with van der Waals surface area (Å²) in [6.45, 7) is 0.232. The Balaban J connectivity index is 2.27. The highest BCUT2D eigenvalue weighted by atomic mass is 16.5. The molecule has 0 saturated heterocycles. The van der Waals surface area contributed by atoms with Crippen molar-refractivity contribution in [2.45, 2.75) is 6.42 Å². The van der Waals surface area contributed by atoms with Crippen LogP contribution < -0.4 is 10.6 Å². The van der Waals surface area contributed by atoms with Gasteiger partial charge in [-0.25, -0.2) is 4.79 Å². The number of methoxy groups -OCH3 is 1. The van der Waals surface area contributed by atoms with Crippen molar-refractivity contribution in [2.75, 3.05) is 19.0 Å². The summed E-state index contributed by atoms with van der Waals surface area (Å²) in [6.07, 6.45) is 1.72. The molecule has 7 heteroatoms. The van der Waals surface area contributed by atoms with Crippen molar-refractivity contribution in [1.82, 2.24) is 15.1 Å². The van der Waals surface area contributed by atoms with Crippen LogP contribution in [0.4, 0.5) is 10.6 Å². The highest BCUT2D eigenvalue weighted by Crippen LogP contribution is 2.02. The van der Waals surface area contributed by atoms with Gasteiger partial charge in [0.05, 0.1) is 19.7 Å². The summed E-state index contributed by atoms with van der Waals surface area (Å²) < 4.78 is 5.96. The van der Waals surface area contributed by atoms with Gasteiger partial charge < -0.3 is 10.1 Å². The molecule has 1 rings (SSSR count). The number of aromatic nitrogens is 2. The number of hydrogen-bond donors (Lipinski definition) is 2. The molecule has 0 spiro atoms. The fraction of sp³-hybridized carbons (Fsp3) is 0.444. The molecule has 0 saturated carbocycles. The molecule has 2 N–H and O–H groups in total. The zero-order valence-corrected chi connectivity index (χ0v) is 9.19. The molecule has 0 aliphatic heterocycles. The predicted molar refractivity (Wildman–Crippen MR) is 56.9 cm³/mol. The largest absolute Gasteiger partial charge is 0.469 e. The molecule has 16 heavy (non-hydrogen) atoms. The fourth-order valence-corrected chi connectivity index (χ4v) is 1.04. The first-order chi connectivity index (χ1) is 7.63. The minimum atomic E-state index is -0.382. The molecule has 1 aromatic heterocycles. The molecule has 88 valence electrons. The Bertz CT molecular complexity index is 375. The van der Waals surface area contributed by atoms with Gasteiger partial charge in [0.1, 0.15) is 5.82 Å². The normalized spacial score (nSPS) is 9.62. The Morgan fingerprint density at radius 1 is 1.56 bits per heavy atom. The van der Waals surface area contributed by atoms with Gasteiger partial charge in [-0.05, 0) is 0 Å². The maximum atomic E-state index is 11.3. The molecule has 0 atom stereocenters. The Morgan fingerprint density at radius 3 is 2.88 bits per heavy atom. The Morgan fingerprint density at radius 2 is 2.31 bits per heavy atom. The number of carbonyl (C=O) groups excluding carboxylic acids is 2. The van der Waals surface area contributed by atoms with Gasteiger partial charge in [-0.15, -0.1) is 0 Å². The number of carbonyl (C=O) groups is 2. The smallest absolute Gasteiger partial charge is 0.320 e. The van der Waals surface area contributed by atoms with E-state index in [1.165, 1.54) is 11.8 Å². The van der Waals surface area contributed by atoms with Crippen molar-refractivity contribution in [1.29, 1.82) is 0 Å². The van der Waals surface area contributed by atoms with E-state index in [1.807, 2.05) is 0 Å². The van der Waals surface area contributed by atoms with Crippen molar-refractivity contribution in [3.63, 3.8) is 0 Å². The molecule has 1 aromatic rings. The Hall–Kier alpha value is -2.05. The number of rotatable bonds is 4. The Kier molecular flexibility index (Phi) is 4.31. The standard InChI is InChI=1S/C9H14N4O3/c1-13-7(3-6-11-13)12-9(15)10-5-4-8(14)16-2/h3,6H,4-5H2,1-2H3,(H2,10,12,15). The lowest BCUT2D eigenvalue weighted by molar-refractivity contribution is -0.140. The molecule has 0 radical (unpaired) electrons. The summed E-state index contributed by atoms with van der Waals surface area (Å²) in [6, 6.07) is 1.28. The van der Waals surface area contributed by atoms with Gasteiger partial charge in [0.25, 0.3) is 0 Å². The average molecular weight is 226 g/mol. The van der Waals surface area contributed by atoms with Crippen LogP contribution in [0.2, 0.25) is 0 Å². The van der Waals surface area contributed by atoms with E-state index in [1.54, 1.807) is 19.3 Å². The summed E-state index contributed by atoms with van der Waals surface area (Å²) >= 11 is 0. The zero-order chi connectivity index (χ0) is 12.0. The van der Waals surface area contributed by atoms with E-state index in [0.717, 1.165) is 0 Å². The Labute approximate surface area is 92.8 Å². The molecule has 2 amide bonds. The molecule has 0 fully saturated rings. The lowest BCUT2D eigenvalue weighted by Gasteiger charge is -2.06. The highest BCUT2D eigenvalue weighted by Gasteiger charge is 2.05. The van der Waals surface area contributed by atoms with Crippen molar-refractivity contribution in [3.8, 4) is 0 Å². The van der Waals surface area contributed by atoms with E-state index in [-0.39, 0.29) is 25.0 Å². The van der Waals surface area contributed by atoms with Crippen LogP contribution in [0.3, 0.4) is 0 Å². The number of esters is 1. The summed E-state index contributed by atoms with van der Waals surface area (Å²) in [5, 5.41) is 8.99. The number of nitrogens with zero attached hydrogens (tertiary/aromatic N) is 2. The van der Waals surface area contributed by atoms with Crippen molar-refractivity contribution in [2.24, 2.45) is 7.05 Å². The van der Waals surface area contributed by atoms with Gasteiger partial charge in [-0.3, -0.25) is 14.8 Å². The van der Waals surface area contributed by atoms with Crippen LogP contribution in [0.5, 0.6) is 0 Å². The van der Waals surface area contributed by atoms with Gasteiger partial charge in [0.15, 0.2) is 0 Å². The number of aryl methyl sites for hydroxylation is 1. The summed E-state index contributed by atoms with van der Waals surface area (Å²) in [5.74, 6) is 0.219. The highest BCUT2D eigenvalue weighted by molar-refractivity contribution is 5.88. The van der Waals surface area contributed by atoms with E-state index in [4.69, 9.17) is 0 Å². The van der Waals surface area contributed by atoms with E-state index >= 15 is 0 Å². The number of urea groups is 1. The number of nitrogens with one attached hydrogen (secondary N) is 2. The number of hydrogen-bond acceptors (Lipinski definition) is 4. The number of anilines is 1. The van der Waals surface area contributed by atoms with Gasteiger partial charge in [0.2, 0.25) is 0 Å². The zero-order valence-electron chi connectivity index (χ0n) is 9.19. The van der Waals surface area contributed by atoms with Gasteiger partial charge >= 0.3 is 12.0 Å². The monoisotopic (exact) mass is 226 g/mol. The number of amides is 2. The lowest BCUT2D eigenvalue weighted by Crippen LogP contribution is -2.31. The lowest BCUT2D eigenvalue weighted by atomic mass is 10.4. The van der Waals surface area contributed by atoms with Crippen LogP contribution in [0.15, 0.2) is 12.3 Å². The van der Waals surface area contributed by atoms with Crippen molar-refractivity contribution in [3.05, 3.63) is 12.3 Å². The van der Waals surface area contributed by atoms with E-state index in [0.29, 0.717) is 5.82 Å². The second-order valence-electron chi connectivity index (χ2n) is 3.05. The minimum Gasteiger partial charge on any atom is -0.469 e. The molecule has 1 heterocycles. The van der Waals surface area contributed by atoms with Crippen LogP contribution in [-0.2, 0) is 16.6 Å². The van der Waals surface area contributed by atoms with Crippen molar-refractivity contribution >= 4 is 17.8 Å². The first kappa shape index (κ1) is 12.0. The summed E-state index contributed by atoms with van der Waals surface area (Å²) in [7, 11) is 3.02. The summed E-state index contributed by atoms with van der Waals surface area (Å²) in [4.78, 5) is 22.1. The molecule has 0 unspecified atom stereocenters. The molecule has 0 aromatic carbocycles. The molecule has 7 nitrogen and oxygen atoms in total. The molecule has 0 bridgehead atoms. The van der Waals surface area contributed by atoms with Crippen LogP contribution in [0, 0.1) is 0 Å². The van der Waals surface area contributed by atoms with Crippen LogP contribution in [0.25, 0.3) is 0 Å². The molecule has 0 aliphatic carbocycles. The van der Waals surface area contributed by atoms with E-state index in [2.05, 4.69) is 20.5 Å². The van der Waals surface area contributed by atoms with Gasteiger partial charge in [-0.1, -0.05) is 0 Å². The first-order valence-electron chi connectivity index (χ1n) is 4.73. The van der Waals surface area contributed by atoms with Gasteiger partial charge in [-0.2, -0.15) is 5.10 Å². The maximum absolute atomic E-state index is 11.3. The third-order valence-electron chi connectivity index (χ3n) is 1.90. The van der Waals surface area contributed by atoms with E-state index < -0.39 is 0 Å². The first-order valence-corrected chi connectivity index (χ1v) is 4.73. The van der Waals surface area contributed by atoms with Crippen LogP contribution in [-0.4, -0.2) is 35.4 Å².